The van der Waals surface area contributed by atoms with Crippen molar-refractivity contribution < 1.29 is 14.4 Å². The van der Waals surface area contributed by atoms with Crippen LogP contribution in [0.1, 0.15) is 20.8 Å². The third-order valence-corrected chi connectivity index (χ3v) is 3.69. The van der Waals surface area contributed by atoms with E-state index in [0.717, 1.165) is 10.2 Å². The number of carbonyl (C=O) groups is 3. The monoisotopic (exact) mass is 320 g/mol. The van der Waals surface area contributed by atoms with Gasteiger partial charge < -0.3 is 16.0 Å². The lowest BCUT2D eigenvalue weighted by Crippen LogP contribution is -2.40. The van der Waals surface area contributed by atoms with E-state index in [-0.39, 0.29) is 17.7 Å². The van der Waals surface area contributed by atoms with Crippen LogP contribution < -0.4 is 16.0 Å². The lowest BCUT2D eigenvalue weighted by molar-refractivity contribution is -0.124. The van der Waals surface area contributed by atoms with E-state index in [9.17, 15) is 14.4 Å². The Bertz CT molecular complexity index is 741. The van der Waals surface area contributed by atoms with E-state index in [1.54, 1.807) is 25.1 Å². The average Bonchev–Trinajstić information content (AvgIpc) is 2.78. The molecule has 0 aliphatic rings. The van der Waals surface area contributed by atoms with Crippen molar-refractivity contribution in [3.63, 3.8) is 0 Å². The fourth-order valence-corrected chi connectivity index (χ4v) is 2.75. The summed E-state index contributed by atoms with van der Waals surface area (Å²) in [6.45, 7) is 4.38. The number of benzene rings is 1. The van der Waals surface area contributed by atoms with Gasteiger partial charge in [-0.1, -0.05) is 11.3 Å². The quantitative estimate of drug-likeness (QED) is 0.798. The number of fused-ring (bicyclic) bond motifs is 1. The Morgan fingerprint density at radius 2 is 1.86 bits per heavy atom. The highest BCUT2D eigenvalue weighted by Gasteiger charge is 2.15. The van der Waals surface area contributed by atoms with Crippen LogP contribution in [0.25, 0.3) is 10.2 Å². The van der Waals surface area contributed by atoms with Crippen LogP contribution in [0, 0.1) is 0 Å². The second-order valence-corrected chi connectivity index (χ2v) is 5.82. The second-order valence-electron chi connectivity index (χ2n) is 4.79. The van der Waals surface area contributed by atoms with E-state index in [1.807, 2.05) is 0 Å². The molecule has 7 nitrogen and oxygen atoms in total. The minimum Gasteiger partial charge on any atom is -0.345 e. The summed E-state index contributed by atoms with van der Waals surface area (Å²) in [5, 5.41) is 8.30. The highest BCUT2D eigenvalue weighted by Crippen LogP contribution is 2.28. The molecule has 1 aromatic carbocycles. The van der Waals surface area contributed by atoms with Crippen LogP contribution in [-0.4, -0.2) is 28.7 Å². The second kappa shape index (κ2) is 6.52. The molecule has 1 unspecified atom stereocenters. The fourth-order valence-electron chi connectivity index (χ4n) is 1.84. The Morgan fingerprint density at radius 3 is 2.50 bits per heavy atom. The largest absolute Gasteiger partial charge is 0.345 e. The maximum absolute atomic E-state index is 11.9. The number of thiazole rings is 1. The van der Waals surface area contributed by atoms with Crippen molar-refractivity contribution in [1.29, 1.82) is 0 Å². The maximum atomic E-state index is 11.9. The van der Waals surface area contributed by atoms with Gasteiger partial charge in [-0.25, -0.2) is 4.98 Å². The molecule has 1 aromatic heterocycles. The first-order chi connectivity index (χ1) is 10.3. The van der Waals surface area contributed by atoms with Crippen molar-refractivity contribution in [2.24, 2.45) is 0 Å². The summed E-state index contributed by atoms with van der Waals surface area (Å²) in [7, 11) is 0. The van der Waals surface area contributed by atoms with Gasteiger partial charge in [-0.2, -0.15) is 0 Å². The molecule has 0 aliphatic heterocycles. The Hall–Kier alpha value is -2.48. The fraction of sp³-hybridized carbons (Fsp3) is 0.286. The van der Waals surface area contributed by atoms with Crippen molar-refractivity contribution in [2.45, 2.75) is 26.8 Å². The molecule has 1 heterocycles. The lowest BCUT2D eigenvalue weighted by Gasteiger charge is -2.10. The predicted molar refractivity (Wildman–Crippen MR) is 85.8 cm³/mol. The molecule has 22 heavy (non-hydrogen) atoms. The van der Waals surface area contributed by atoms with Gasteiger partial charge in [0.1, 0.15) is 6.04 Å². The van der Waals surface area contributed by atoms with E-state index < -0.39 is 6.04 Å². The Balaban J connectivity index is 2.14. The molecular weight excluding hydrogens is 304 g/mol. The van der Waals surface area contributed by atoms with Crippen LogP contribution in [0.3, 0.4) is 0 Å². The van der Waals surface area contributed by atoms with Crippen LogP contribution in [0.5, 0.6) is 0 Å². The summed E-state index contributed by atoms with van der Waals surface area (Å²) in [5.74, 6) is -0.759. The number of nitrogens with one attached hydrogen (secondary N) is 3. The van der Waals surface area contributed by atoms with Gasteiger partial charge in [0.2, 0.25) is 17.7 Å². The van der Waals surface area contributed by atoms with E-state index in [1.165, 1.54) is 25.2 Å². The Labute approximate surface area is 131 Å². The standard InChI is InChI=1S/C14H16N4O3S/c1-7(15-8(2)19)13(21)18-14-17-11-5-4-10(16-9(3)20)6-12(11)22-14/h4-7H,1-3H3,(H,15,19)(H,16,20)(H,17,18,21). The van der Waals surface area contributed by atoms with Gasteiger partial charge in [-0.05, 0) is 25.1 Å². The molecule has 2 aromatic rings. The first kappa shape index (κ1) is 15.9. The number of anilines is 2. The molecule has 2 rings (SSSR count). The first-order valence-electron chi connectivity index (χ1n) is 6.61. The molecule has 0 saturated heterocycles. The normalized spacial score (nSPS) is 11.8. The number of aromatic nitrogens is 1. The zero-order valence-electron chi connectivity index (χ0n) is 12.4. The van der Waals surface area contributed by atoms with E-state index in [0.29, 0.717) is 10.8 Å². The molecule has 1 atom stereocenters. The summed E-state index contributed by atoms with van der Waals surface area (Å²) in [6.07, 6.45) is 0. The van der Waals surface area contributed by atoms with Gasteiger partial charge in [0.05, 0.1) is 10.2 Å². The topological polar surface area (TPSA) is 100 Å². The minimum absolute atomic E-state index is 0.151. The van der Waals surface area contributed by atoms with Gasteiger partial charge in [-0.15, -0.1) is 0 Å². The average molecular weight is 320 g/mol. The number of rotatable bonds is 4. The molecule has 0 fully saturated rings. The van der Waals surface area contributed by atoms with Crippen molar-refractivity contribution in [1.82, 2.24) is 10.3 Å². The molecule has 0 spiro atoms. The number of carbonyl (C=O) groups excluding carboxylic acids is 3. The van der Waals surface area contributed by atoms with Crippen molar-refractivity contribution >= 4 is 50.1 Å². The van der Waals surface area contributed by atoms with Gasteiger partial charge in [0.25, 0.3) is 0 Å². The third-order valence-electron chi connectivity index (χ3n) is 2.75. The van der Waals surface area contributed by atoms with E-state index in [2.05, 4.69) is 20.9 Å². The summed E-state index contributed by atoms with van der Waals surface area (Å²) in [5.41, 5.74) is 1.40. The van der Waals surface area contributed by atoms with E-state index in [4.69, 9.17) is 0 Å². The number of amides is 3. The molecule has 0 bridgehead atoms. The minimum atomic E-state index is -0.639. The molecule has 3 N–H and O–H groups in total. The smallest absolute Gasteiger partial charge is 0.248 e. The van der Waals surface area contributed by atoms with Crippen LogP contribution >= 0.6 is 11.3 Å². The molecule has 0 radical (unpaired) electrons. The van der Waals surface area contributed by atoms with Gasteiger partial charge in [0, 0.05) is 19.5 Å². The van der Waals surface area contributed by atoms with Crippen molar-refractivity contribution in [3.8, 4) is 0 Å². The number of hydrogen-bond acceptors (Lipinski definition) is 5. The van der Waals surface area contributed by atoms with Gasteiger partial charge in [-0.3, -0.25) is 14.4 Å². The van der Waals surface area contributed by atoms with Crippen molar-refractivity contribution in [3.05, 3.63) is 18.2 Å². The molecule has 0 aliphatic carbocycles. The van der Waals surface area contributed by atoms with Crippen LogP contribution in [0.15, 0.2) is 18.2 Å². The SMILES string of the molecule is CC(=O)Nc1ccc2nc(NC(=O)C(C)NC(C)=O)sc2c1. The highest BCUT2D eigenvalue weighted by molar-refractivity contribution is 7.22. The summed E-state index contributed by atoms with van der Waals surface area (Å²) in [6, 6.07) is 4.67. The number of hydrogen-bond donors (Lipinski definition) is 3. The molecule has 0 saturated carbocycles. The predicted octanol–water partition coefficient (Wildman–Crippen LogP) is 1.72. The number of nitrogens with zero attached hydrogens (tertiary/aromatic N) is 1. The molecular formula is C14H16N4O3S. The summed E-state index contributed by atoms with van der Waals surface area (Å²) < 4.78 is 0.841. The zero-order chi connectivity index (χ0) is 16.3. The highest BCUT2D eigenvalue weighted by atomic mass is 32.1. The lowest BCUT2D eigenvalue weighted by atomic mass is 10.3. The summed E-state index contributed by atoms with van der Waals surface area (Å²) in [4.78, 5) is 38.2. The Morgan fingerprint density at radius 1 is 1.14 bits per heavy atom. The maximum Gasteiger partial charge on any atom is 0.248 e. The Kier molecular flexibility index (Phi) is 4.71. The van der Waals surface area contributed by atoms with Gasteiger partial charge in [0.15, 0.2) is 5.13 Å². The van der Waals surface area contributed by atoms with Gasteiger partial charge >= 0.3 is 0 Å². The van der Waals surface area contributed by atoms with Crippen molar-refractivity contribution in [2.75, 3.05) is 10.6 Å². The van der Waals surface area contributed by atoms with Crippen LogP contribution in [-0.2, 0) is 14.4 Å². The summed E-state index contributed by atoms with van der Waals surface area (Å²) >= 11 is 1.30. The van der Waals surface area contributed by atoms with Crippen LogP contribution in [0.4, 0.5) is 10.8 Å². The molecule has 116 valence electrons. The van der Waals surface area contributed by atoms with E-state index >= 15 is 0 Å². The molecule has 8 heteroatoms. The third kappa shape index (κ3) is 4.01. The first-order valence-corrected chi connectivity index (χ1v) is 7.43. The zero-order valence-corrected chi connectivity index (χ0v) is 13.2. The van der Waals surface area contributed by atoms with Crippen LogP contribution in [0.2, 0.25) is 0 Å². The molecule has 3 amide bonds.